The van der Waals surface area contributed by atoms with Crippen LogP contribution in [-0.4, -0.2) is 15.3 Å². The second-order valence-electron chi connectivity index (χ2n) is 5.71. The quantitative estimate of drug-likeness (QED) is 0.658. The second kappa shape index (κ2) is 7.63. The fraction of sp³-hybridized carbons (Fsp3) is 0.167. The Morgan fingerprint density at radius 1 is 1.16 bits per heavy atom. The summed E-state index contributed by atoms with van der Waals surface area (Å²) in [6.45, 7) is 4.43. The molecule has 7 heteroatoms. The number of rotatable bonds is 4. The number of halogens is 1. The van der Waals surface area contributed by atoms with E-state index in [9.17, 15) is 0 Å². The van der Waals surface area contributed by atoms with Gasteiger partial charge in [-0.2, -0.15) is 4.98 Å². The molecule has 5 nitrogen and oxygen atoms in total. The molecule has 0 saturated carbocycles. The number of anilines is 1. The minimum Gasteiger partial charge on any atom is -0.353 e. The van der Waals surface area contributed by atoms with E-state index < -0.39 is 0 Å². The van der Waals surface area contributed by atoms with Crippen LogP contribution in [-0.2, 0) is 6.54 Å². The third-order valence-corrected chi connectivity index (χ3v) is 3.91. The number of thiocarbonyl (C=S) groups is 1. The molecule has 0 atom stereocenters. The third kappa shape index (κ3) is 4.78. The van der Waals surface area contributed by atoms with Gasteiger partial charge < -0.3 is 15.2 Å². The lowest BCUT2D eigenvalue weighted by Gasteiger charge is -2.10. The summed E-state index contributed by atoms with van der Waals surface area (Å²) in [7, 11) is 0. The Kier molecular flexibility index (Phi) is 5.31. The highest BCUT2D eigenvalue weighted by Crippen LogP contribution is 2.20. The molecule has 1 aromatic heterocycles. The van der Waals surface area contributed by atoms with Crippen molar-refractivity contribution < 1.29 is 4.52 Å². The van der Waals surface area contributed by atoms with Crippen LogP contribution in [0, 0.1) is 13.8 Å². The predicted octanol–water partition coefficient (Wildman–Crippen LogP) is 4.49. The van der Waals surface area contributed by atoms with E-state index in [1.54, 1.807) is 12.1 Å². The maximum Gasteiger partial charge on any atom is 0.246 e. The summed E-state index contributed by atoms with van der Waals surface area (Å²) in [5.74, 6) is 0.937. The highest BCUT2D eigenvalue weighted by Gasteiger charge is 2.09. The number of benzene rings is 2. The van der Waals surface area contributed by atoms with Crippen LogP contribution in [0.1, 0.15) is 17.0 Å². The minimum atomic E-state index is 0.337. The molecule has 0 saturated heterocycles. The van der Waals surface area contributed by atoms with Gasteiger partial charge in [0.2, 0.25) is 11.7 Å². The Morgan fingerprint density at radius 3 is 2.64 bits per heavy atom. The SMILES string of the molecule is Cc1cc(C)cc(NC(=S)NCc2nc(-c3cccc(Cl)c3)no2)c1. The normalized spacial score (nSPS) is 10.5. The summed E-state index contributed by atoms with van der Waals surface area (Å²) >= 11 is 11.3. The van der Waals surface area contributed by atoms with Crippen molar-refractivity contribution in [1.29, 1.82) is 0 Å². The first-order valence-electron chi connectivity index (χ1n) is 7.71. The molecule has 128 valence electrons. The van der Waals surface area contributed by atoms with Gasteiger partial charge in [0.15, 0.2) is 5.11 Å². The van der Waals surface area contributed by atoms with Gasteiger partial charge in [0, 0.05) is 16.3 Å². The van der Waals surface area contributed by atoms with Gasteiger partial charge in [0.1, 0.15) is 0 Å². The highest BCUT2D eigenvalue weighted by molar-refractivity contribution is 7.80. The molecule has 0 amide bonds. The van der Waals surface area contributed by atoms with Crippen molar-refractivity contribution in [2.24, 2.45) is 0 Å². The third-order valence-electron chi connectivity index (χ3n) is 3.43. The number of nitrogens with zero attached hydrogens (tertiary/aromatic N) is 2. The predicted molar refractivity (Wildman–Crippen MR) is 104 cm³/mol. The zero-order valence-electron chi connectivity index (χ0n) is 13.8. The first-order valence-corrected chi connectivity index (χ1v) is 8.50. The van der Waals surface area contributed by atoms with Crippen LogP contribution in [0.25, 0.3) is 11.4 Å². The van der Waals surface area contributed by atoms with Crippen molar-refractivity contribution in [2.75, 3.05) is 5.32 Å². The summed E-state index contributed by atoms with van der Waals surface area (Å²) in [5, 5.41) is 11.3. The van der Waals surface area contributed by atoms with Crippen molar-refractivity contribution in [2.45, 2.75) is 20.4 Å². The van der Waals surface area contributed by atoms with Crippen LogP contribution in [0.15, 0.2) is 47.0 Å². The van der Waals surface area contributed by atoms with Crippen LogP contribution < -0.4 is 10.6 Å². The summed E-state index contributed by atoms with van der Waals surface area (Å²) in [6.07, 6.45) is 0. The first-order chi connectivity index (χ1) is 12.0. The monoisotopic (exact) mass is 372 g/mol. The van der Waals surface area contributed by atoms with Gasteiger partial charge in [-0.25, -0.2) is 0 Å². The zero-order chi connectivity index (χ0) is 17.8. The van der Waals surface area contributed by atoms with Crippen LogP contribution >= 0.6 is 23.8 Å². The van der Waals surface area contributed by atoms with Gasteiger partial charge in [0.05, 0.1) is 6.54 Å². The number of aromatic nitrogens is 2. The molecule has 0 aliphatic heterocycles. The van der Waals surface area contributed by atoms with Crippen molar-refractivity contribution in [1.82, 2.24) is 15.5 Å². The van der Waals surface area contributed by atoms with E-state index >= 15 is 0 Å². The maximum atomic E-state index is 5.98. The van der Waals surface area contributed by atoms with Gasteiger partial charge >= 0.3 is 0 Å². The Labute approximate surface area is 156 Å². The van der Waals surface area contributed by atoms with Crippen molar-refractivity contribution in [3.8, 4) is 11.4 Å². The topological polar surface area (TPSA) is 63.0 Å². The summed E-state index contributed by atoms with van der Waals surface area (Å²) in [4.78, 5) is 4.34. The lowest BCUT2D eigenvalue weighted by Crippen LogP contribution is -2.28. The fourth-order valence-electron chi connectivity index (χ4n) is 2.45. The van der Waals surface area contributed by atoms with Gasteiger partial charge in [-0.05, 0) is 61.5 Å². The van der Waals surface area contributed by atoms with E-state index in [1.165, 1.54) is 11.1 Å². The molecule has 0 fully saturated rings. The van der Waals surface area contributed by atoms with E-state index in [1.807, 2.05) is 38.1 Å². The molecule has 0 bridgehead atoms. The Balaban J connectivity index is 1.59. The largest absolute Gasteiger partial charge is 0.353 e. The number of hydrogen-bond donors (Lipinski definition) is 2. The van der Waals surface area contributed by atoms with E-state index in [0.717, 1.165) is 11.3 Å². The highest BCUT2D eigenvalue weighted by atomic mass is 35.5. The molecule has 2 aromatic carbocycles. The lowest BCUT2D eigenvalue weighted by molar-refractivity contribution is 0.376. The van der Waals surface area contributed by atoms with Gasteiger partial charge in [-0.15, -0.1) is 0 Å². The smallest absolute Gasteiger partial charge is 0.246 e. The molecule has 25 heavy (non-hydrogen) atoms. The van der Waals surface area contributed by atoms with E-state index in [2.05, 4.69) is 26.8 Å². The van der Waals surface area contributed by atoms with E-state index in [0.29, 0.717) is 28.4 Å². The van der Waals surface area contributed by atoms with Gasteiger partial charge in [-0.1, -0.05) is 35.0 Å². The van der Waals surface area contributed by atoms with Crippen molar-refractivity contribution in [3.05, 3.63) is 64.5 Å². The average Bonchev–Trinajstić information content (AvgIpc) is 3.01. The Morgan fingerprint density at radius 2 is 1.92 bits per heavy atom. The Hall–Kier alpha value is -2.44. The molecular weight excluding hydrogens is 356 g/mol. The first kappa shape index (κ1) is 17.4. The number of nitrogens with one attached hydrogen (secondary N) is 2. The minimum absolute atomic E-state index is 0.337. The lowest BCUT2D eigenvalue weighted by atomic mass is 10.1. The molecule has 3 rings (SSSR count). The van der Waals surface area contributed by atoms with E-state index in [-0.39, 0.29) is 0 Å². The number of aryl methyl sites for hydroxylation is 2. The van der Waals surface area contributed by atoms with Crippen LogP contribution in [0.4, 0.5) is 5.69 Å². The van der Waals surface area contributed by atoms with Gasteiger partial charge in [0.25, 0.3) is 0 Å². The second-order valence-corrected chi connectivity index (χ2v) is 6.55. The summed E-state index contributed by atoms with van der Waals surface area (Å²) in [5.41, 5.74) is 4.10. The van der Waals surface area contributed by atoms with Crippen LogP contribution in [0.2, 0.25) is 5.02 Å². The molecule has 0 spiro atoms. The van der Waals surface area contributed by atoms with E-state index in [4.69, 9.17) is 28.3 Å². The number of hydrogen-bond acceptors (Lipinski definition) is 4. The zero-order valence-corrected chi connectivity index (χ0v) is 15.4. The van der Waals surface area contributed by atoms with Crippen LogP contribution in [0.3, 0.4) is 0 Å². The average molecular weight is 373 g/mol. The summed E-state index contributed by atoms with van der Waals surface area (Å²) in [6, 6.07) is 13.5. The van der Waals surface area contributed by atoms with Crippen molar-refractivity contribution in [3.63, 3.8) is 0 Å². The molecule has 3 aromatic rings. The molecule has 0 radical (unpaired) electrons. The molecule has 0 aliphatic carbocycles. The van der Waals surface area contributed by atoms with Gasteiger partial charge in [-0.3, -0.25) is 0 Å². The van der Waals surface area contributed by atoms with Crippen LogP contribution in [0.5, 0.6) is 0 Å². The van der Waals surface area contributed by atoms with Crippen molar-refractivity contribution >= 4 is 34.6 Å². The molecule has 2 N–H and O–H groups in total. The molecule has 1 heterocycles. The fourth-order valence-corrected chi connectivity index (χ4v) is 2.83. The standard InChI is InChI=1S/C18H17ClN4OS/c1-11-6-12(2)8-15(7-11)21-18(25)20-10-16-22-17(23-24-16)13-4-3-5-14(19)9-13/h3-9H,10H2,1-2H3,(H2,20,21,25). The summed E-state index contributed by atoms with van der Waals surface area (Å²) < 4.78 is 5.24. The molecule has 0 unspecified atom stereocenters. The maximum absolute atomic E-state index is 5.98. The Bertz CT molecular complexity index is 889. The molecular formula is C18H17ClN4OS. The molecule has 0 aliphatic rings.